The van der Waals surface area contributed by atoms with Gasteiger partial charge in [0.25, 0.3) is 0 Å². The molecular formula is C23H16ClF4NO3S. The van der Waals surface area contributed by atoms with E-state index < -0.39 is 39.9 Å². The van der Waals surface area contributed by atoms with Gasteiger partial charge < -0.3 is 10.2 Å². The number of nitriles is 1. The molecule has 3 aromatic rings. The molecule has 2 N–H and O–H groups in total. The molecular weight excluding hydrogens is 482 g/mol. The van der Waals surface area contributed by atoms with Crippen LogP contribution in [0.1, 0.15) is 44.1 Å². The van der Waals surface area contributed by atoms with E-state index in [1.54, 1.807) is 0 Å². The monoisotopic (exact) mass is 497 g/mol. The lowest BCUT2D eigenvalue weighted by molar-refractivity contribution is -0.273. The van der Waals surface area contributed by atoms with Gasteiger partial charge >= 0.3 is 12.1 Å². The molecule has 2 aromatic carbocycles. The van der Waals surface area contributed by atoms with Crippen LogP contribution in [0.15, 0.2) is 42.5 Å². The molecule has 0 saturated carbocycles. The molecule has 1 aromatic heterocycles. The summed E-state index contributed by atoms with van der Waals surface area (Å²) in [4.78, 5) is 10.6. The van der Waals surface area contributed by atoms with E-state index in [0.29, 0.717) is 22.5 Å². The zero-order chi connectivity index (χ0) is 24.7. The van der Waals surface area contributed by atoms with E-state index in [-0.39, 0.29) is 21.0 Å². The van der Waals surface area contributed by atoms with Crippen molar-refractivity contribution >= 4 is 28.9 Å². The van der Waals surface area contributed by atoms with E-state index in [1.165, 1.54) is 38.1 Å². The predicted octanol–water partition coefficient (Wildman–Crippen LogP) is 6.64. The second kappa shape index (κ2) is 8.78. The van der Waals surface area contributed by atoms with Crippen LogP contribution in [0.2, 0.25) is 5.02 Å². The van der Waals surface area contributed by atoms with Gasteiger partial charge in [-0.3, -0.25) is 0 Å². The largest absolute Gasteiger partial charge is 0.478 e. The number of carbonyl (C=O) groups is 1. The molecule has 0 saturated heterocycles. The molecule has 0 aliphatic heterocycles. The van der Waals surface area contributed by atoms with Crippen molar-refractivity contribution in [2.24, 2.45) is 0 Å². The van der Waals surface area contributed by atoms with Crippen molar-refractivity contribution in [2.75, 3.05) is 0 Å². The Hall–Kier alpha value is -2.93. The summed E-state index contributed by atoms with van der Waals surface area (Å²) < 4.78 is 56.4. The average molecular weight is 498 g/mol. The lowest BCUT2D eigenvalue weighted by atomic mass is 9.81. The zero-order valence-electron chi connectivity index (χ0n) is 17.2. The summed E-state index contributed by atoms with van der Waals surface area (Å²) in [5.41, 5.74) is -2.89. The van der Waals surface area contributed by atoms with Crippen molar-refractivity contribution in [2.45, 2.75) is 31.5 Å². The number of hydrogen-bond acceptors (Lipinski definition) is 4. The first-order chi connectivity index (χ1) is 15.3. The molecule has 2 atom stereocenters. The molecule has 0 radical (unpaired) electrons. The van der Waals surface area contributed by atoms with E-state index in [0.717, 1.165) is 18.2 Å². The van der Waals surface area contributed by atoms with Crippen molar-refractivity contribution in [3.05, 3.63) is 79.7 Å². The second-order valence-corrected chi connectivity index (χ2v) is 8.92. The van der Waals surface area contributed by atoms with Crippen LogP contribution in [0.5, 0.6) is 0 Å². The van der Waals surface area contributed by atoms with Gasteiger partial charge in [-0.25, -0.2) is 9.18 Å². The van der Waals surface area contributed by atoms with Gasteiger partial charge in [-0.05, 0) is 53.4 Å². The average Bonchev–Trinajstić information content (AvgIpc) is 3.12. The number of halogens is 5. The summed E-state index contributed by atoms with van der Waals surface area (Å²) in [5.74, 6) is -3.95. The van der Waals surface area contributed by atoms with E-state index in [4.69, 9.17) is 22.0 Å². The van der Waals surface area contributed by atoms with Crippen molar-refractivity contribution < 1.29 is 32.6 Å². The molecule has 0 amide bonds. The number of aryl methyl sites for hydroxylation is 1. The number of carboxylic acids is 1. The van der Waals surface area contributed by atoms with Gasteiger partial charge in [0.2, 0.25) is 5.60 Å². The minimum absolute atomic E-state index is 0.00701. The molecule has 4 nitrogen and oxygen atoms in total. The first-order valence-corrected chi connectivity index (χ1v) is 10.6. The van der Waals surface area contributed by atoms with Crippen LogP contribution < -0.4 is 0 Å². The first-order valence-electron chi connectivity index (χ1n) is 9.44. The lowest BCUT2D eigenvalue weighted by Gasteiger charge is -2.35. The Balaban J connectivity index is 2.07. The third-order valence-electron chi connectivity index (χ3n) is 5.45. The number of hydrogen-bond donors (Lipinski definition) is 2. The number of aliphatic hydroxyl groups is 1. The van der Waals surface area contributed by atoms with Gasteiger partial charge in [0.1, 0.15) is 16.8 Å². The van der Waals surface area contributed by atoms with Gasteiger partial charge in [-0.1, -0.05) is 36.7 Å². The van der Waals surface area contributed by atoms with Crippen LogP contribution in [0, 0.1) is 24.1 Å². The standard InChI is InChI=1S/C23H16ClF4NO3S/c1-11-7-20(33-19(11)10-29)22(32,23(26,27)28)12(2)15-5-3-13(8-17(15)24)14-4-6-16(21(30)31)18(25)9-14/h3-9,12,32H,1-2H3,(H,30,31)/t12-,22-/m1/s1. The third-order valence-corrected chi connectivity index (χ3v) is 7.05. The van der Waals surface area contributed by atoms with Crippen LogP contribution in [-0.2, 0) is 5.60 Å². The van der Waals surface area contributed by atoms with E-state index in [1.807, 2.05) is 6.07 Å². The fourth-order valence-corrected chi connectivity index (χ4v) is 5.04. The van der Waals surface area contributed by atoms with Crippen LogP contribution in [-0.4, -0.2) is 22.4 Å². The van der Waals surface area contributed by atoms with Crippen LogP contribution >= 0.6 is 22.9 Å². The number of carboxylic acid groups (broad SMARTS) is 1. The van der Waals surface area contributed by atoms with Crippen LogP contribution in [0.25, 0.3) is 11.1 Å². The van der Waals surface area contributed by atoms with Crippen LogP contribution in [0.3, 0.4) is 0 Å². The molecule has 0 aliphatic rings. The molecule has 0 aliphatic carbocycles. The molecule has 0 bridgehead atoms. The quantitative estimate of drug-likeness (QED) is 0.387. The highest BCUT2D eigenvalue weighted by Gasteiger charge is 2.60. The maximum Gasteiger partial charge on any atom is 0.422 e. The highest BCUT2D eigenvalue weighted by molar-refractivity contribution is 7.12. The van der Waals surface area contributed by atoms with Crippen molar-refractivity contribution in [3.8, 4) is 17.2 Å². The molecule has 0 fully saturated rings. The predicted molar refractivity (Wildman–Crippen MR) is 116 cm³/mol. The summed E-state index contributed by atoms with van der Waals surface area (Å²) in [6.07, 6.45) is -5.08. The molecule has 1 heterocycles. The summed E-state index contributed by atoms with van der Waals surface area (Å²) in [6, 6.07) is 10.4. The van der Waals surface area contributed by atoms with Gasteiger partial charge in [0.15, 0.2) is 0 Å². The Kier molecular flexibility index (Phi) is 6.58. The summed E-state index contributed by atoms with van der Waals surface area (Å²) in [5, 5.41) is 28.9. The van der Waals surface area contributed by atoms with Gasteiger partial charge in [-0.15, -0.1) is 11.3 Å². The first kappa shape index (κ1) is 24.7. The Bertz CT molecular complexity index is 1280. The zero-order valence-corrected chi connectivity index (χ0v) is 18.7. The molecule has 3 rings (SSSR count). The number of alkyl halides is 3. The molecule has 10 heteroatoms. The molecule has 172 valence electrons. The second-order valence-electron chi connectivity index (χ2n) is 7.46. The number of rotatable bonds is 5. The van der Waals surface area contributed by atoms with Crippen molar-refractivity contribution in [1.29, 1.82) is 5.26 Å². The van der Waals surface area contributed by atoms with Crippen LogP contribution in [0.4, 0.5) is 17.6 Å². The van der Waals surface area contributed by atoms with Gasteiger partial charge in [-0.2, -0.15) is 18.4 Å². The SMILES string of the molecule is Cc1cc([C@](O)([C@H](C)c2ccc(-c3ccc(C(=O)O)c(F)c3)cc2Cl)C(F)(F)F)sc1C#N. The lowest BCUT2D eigenvalue weighted by Crippen LogP contribution is -2.46. The highest BCUT2D eigenvalue weighted by Crippen LogP contribution is 2.52. The highest BCUT2D eigenvalue weighted by atomic mass is 35.5. The molecule has 33 heavy (non-hydrogen) atoms. The maximum atomic E-state index is 14.1. The Morgan fingerprint density at radius 1 is 1.15 bits per heavy atom. The third kappa shape index (κ3) is 4.34. The fourth-order valence-electron chi connectivity index (χ4n) is 3.53. The van der Waals surface area contributed by atoms with Crippen molar-refractivity contribution in [1.82, 2.24) is 0 Å². The summed E-state index contributed by atoms with van der Waals surface area (Å²) in [7, 11) is 0. The minimum atomic E-state index is -5.08. The normalized spacial score (nSPS) is 14.4. The maximum absolute atomic E-state index is 14.1. The number of benzene rings is 2. The Morgan fingerprint density at radius 2 is 1.76 bits per heavy atom. The summed E-state index contributed by atoms with van der Waals surface area (Å²) >= 11 is 6.85. The topological polar surface area (TPSA) is 81.3 Å². The smallest absolute Gasteiger partial charge is 0.422 e. The van der Waals surface area contributed by atoms with Crippen molar-refractivity contribution in [3.63, 3.8) is 0 Å². The minimum Gasteiger partial charge on any atom is -0.478 e. The van der Waals surface area contributed by atoms with Gasteiger partial charge in [0, 0.05) is 15.8 Å². The fraction of sp³-hybridized carbons (Fsp3) is 0.217. The number of nitrogens with zero attached hydrogens (tertiary/aromatic N) is 1. The van der Waals surface area contributed by atoms with E-state index >= 15 is 0 Å². The molecule has 0 unspecified atom stereocenters. The number of thiophene rings is 1. The summed E-state index contributed by atoms with van der Waals surface area (Å²) in [6.45, 7) is 2.66. The Morgan fingerprint density at radius 3 is 2.24 bits per heavy atom. The molecule has 0 spiro atoms. The number of aromatic carboxylic acids is 1. The van der Waals surface area contributed by atoms with Gasteiger partial charge in [0.05, 0.1) is 5.56 Å². The van der Waals surface area contributed by atoms with E-state index in [2.05, 4.69) is 0 Å². The Labute approximate surface area is 195 Å². The van der Waals surface area contributed by atoms with E-state index in [9.17, 15) is 27.5 Å².